The van der Waals surface area contributed by atoms with Crippen molar-refractivity contribution < 1.29 is 4.79 Å². The zero-order chi connectivity index (χ0) is 9.84. The molecule has 0 aromatic heterocycles. The summed E-state index contributed by atoms with van der Waals surface area (Å²) in [4.78, 5) is 11.0. The van der Waals surface area contributed by atoms with E-state index in [9.17, 15) is 4.79 Å². The number of halogens is 3. The molecule has 1 rings (SSSR count). The van der Waals surface area contributed by atoms with Crippen molar-refractivity contribution in [1.82, 2.24) is 0 Å². The molecule has 0 aliphatic carbocycles. The van der Waals surface area contributed by atoms with E-state index in [2.05, 4.69) is 37.2 Å². The normalized spacial score (nSPS) is 9.77. The Morgan fingerprint density at radius 2 is 2.23 bits per heavy atom. The second kappa shape index (κ2) is 4.98. The summed E-state index contributed by atoms with van der Waals surface area (Å²) in [6.45, 7) is 0. The fraction of sp³-hybridized carbons (Fsp3) is 0.125. The maximum atomic E-state index is 11.0. The molecule has 0 saturated heterocycles. The van der Waals surface area contributed by atoms with Crippen LogP contribution < -0.4 is 5.32 Å². The number of rotatable bonds is 2. The van der Waals surface area contributed by atoms with Crippen LogP contribution in [0.2, 0.25) is 5.02 Å². The van der Waals surface area contributed by atoms with Gasteiger partial charge in [-0.1, -0.05) is 27.5 Å². The summed E-state index contributed by atoms with van der Waals surface area (Å²) in [6, 6.07) is 5.19. The van der Waals surface area contributed by atoms with Crippen LogP contribution in [0, 0.1) is 0 Å². The lowest BCUT2D eigenvalue weighted by atomic mass is 10.3. The van der Waals surface area contributed by atoms with Gasteiger partial charge in [0.25, 0.3) is 0 Å². The first-order valence-electron chi connectivity index (χ1n) is 3.44. The van der Waals surface area contributed by atoms with Crippen LogP contribution in [0.3, 0.4) is 0 Å². The highest BCUT2D eigenvalue weighted by molar-refractivity contribution is 9.10. The molecule has 0 fully saturated rings. The number of hydrogen-bond donors (Lipinski definition) is 1. The van der Waals surface area contributed by atoms with E-state index in [1.807, 2.05) is 0 Å². The largest absolute Gasteiger partial charge is 0.324 e. The summed E-state index contributed by atoms with van der Waals surface area (Å²) in [6.07, 6.45) is 0. The molecule has 5 heteroatoms. The molecule has 70 valence electrons. The number of anilines is 1. The Bertz CT molecular complexity index is 330. The lowest BCUT2D eigenvalue weighted by molar-refractivity contribution is -0.113. The minimum atomic E-state index is -0.0944. The monoisotopic (exact) mass is 325 g/mol. The fourth-order valence-electron chi connectivity index (χ4n) is 0.774. The highest BCUT2D eigenvalue weighted by Crippen LogP contribution is 2.25. The van der Waals surface area contributed by atoms with Crippen molar-refractivity contribution in [3.8, 4) is 0 Å². The van der Waals surface area contributed by atoms with Crippen LogP contribution in [-0.2, 0) is 4.79 Å². The zero-order valence-corrected chi connectivity index (χ0v) is 10.4. The first-order chi connectivity index (χ1) is 6.13. The average molecular weight is 327 g/mol. The quantitative estimate of drug-likeness (QED) is 0.829. The minimum Gasteiger partial charge on any atom is -0.324 e. The van der Waals surface area contributed by atoms with Crippen LogP contribution in [0.4, 0.5) is 5.69 Å². The topological polar surface area (TPSA) is 29.1 Å². The number of hydrogen-bond acceptors (Lipinski definition) is 1. The highest BCUT2D eigenvalue weighted by atomic mass is 79.9. The van der Waals surface area contributed by atoms with E-state index >= 15 is 0 Å². The van der Waals surface area contributed by atoms with Gasteiger partial charge in [-0.25, -0.2) is 0 Å². The minimum absolute atomic E-state index is 0.0944. The van der Waals surface area contributed by atoms with Crippen molar-refractivity contribution in [2.75, 3.05) is 10.6 Å². The maximum Gasteiger partial charge on any atom is 0.235 e. The van der Waals surface area contributed by atoms with Crippen molar-refractivity contribution in [2.45, 2.75) is 0 Å². The third-order valence-corrected chi connectivity index (χ3v) is 2.73. The van der Waals surface area contributed by atoms with Gasteiger partial charge >= 0.3 is 0 Å². The van der Waals surface area contributed by atoms with Crippen LogP contribution in [-0.4, -0.2) is 11.2 Å². The Morgan fingerprint density at radius 1 is 1.54 bits per heavy atom. The predicted molar refractivity (Wildman–Crippen MR) is 61.6 cm³/mol. The smallest absolute Gasteiger partial charge is 0.235 e. The van der Waals surface area contributed by atoms with Gasteiger partial charge in [-0.15, -0.1) is 0 Å². The number of nitrogens with one attached hydrogen (secondary N) is 1. The molecule has 0 bridgehead atoms. The van der Waals surface area contributed by atoms with Crippen LogP contribution in [0.15, 0.2) is 22.7 Å². The molecule has 0 saturated carbocycles. The van der Waals surface area contributed by atoms with E-state index in [0.29, 0.717) is 10.7 Å². The molecule has 0 heterocycles. The molecule has 1 aromatic rings. The summed E-state index contributed by atoms with van der Waals surface area (Å²) < 4.78 is 0.773. The summed E-state index contributed by atoms with van der Waals surface area (Å²) in [5.74, 6) is -0.0944. The molecule has 1 N–H and O–H groups in total. The van der Waals surface area contributed by atoms with Gasteiger partial charge in [0.05, 0.1) is 11.0 Å². The number of amides is 1. The Labute approximate surface area is 97.9 Å². The van der Waals surface area contributed by atoms with Gasteiger partial charge in [0.15, 0.2) is 0 Å². The highest BCUT2D eigenvalue weighted by Gasteiger charge is 2.03. The molecule has 13 heavy (non-hydrogen) atoms. The Hall–Kier alpha value is -0.0600. The molecule has 0 aliphatic rings. The standard InChI is InChI=1S/C8H6Br2ClNO/c9-4-8(13)12-7-2-1-5(11)3-6(7)10/h1-3H,4H2,(H,12,13). The molecule has 1 aromatic carbocycles. The molecule has 0 aliphatic heterocycles. The molecular formula is C8H6Br2ClNO. The van der Waals surface area contributed by atoms with Gasteiger partial charge in [0.2, 0.25) is 5.91 Å². The van der Waals surface area contributed by atoms with E-state index in [4.69, 9.17) is 11.6 Å². The SMILES string of the molecule is O=C(CBr)Nc1ccc(Cl)cc1Br. The molecule has 0 radical (unpaired) electrons. The zero-order valence-electron chi connectivity index (χ0n) is 6.48. The number of carbonyl (C=O) groups excluding carboxylic acids is 1. The summed E-state index contributed by atoms with van der Waals surface area (Å²) in [5.41, 5.74) is 0.717. The van der Waals surface area contributed by atoms with Gasteiger partial charge in [-0.3, -0.25) is 4.79 Å². The number of carbonyl (C=O) groups is 1. The molecular weight excluding hydrogens is 321 g/mol. The van der Waals surface area contributed by atoms with Crippen molar-refractivity contribution in [2.24, 2.45) is 0 Å². The predicted octanol–water partition coefficient (Wildman–Crippen LogP) is 3.44. The number of benzene rings is 1. The second-order valence-corrected chi connectivity index (χ2v) is 4.16. The Morgan fingerprint density at radius 3 is 2.77 bits per heavy atom. The second-order valence-electron chi connectivity index (χ2n) is 2.31. The first-order valence-corrected chi connectivity index (χ1v) is 5.73. The van der Waals surface area contributed by atoms with E-state index in [1.165, 1.54) is 0 Å². The van der Waals surface area contributed by atoms with Crippen molar-refractivity contribution in [1.29, 1.82) is 0 Å². The van der Waals surface area contributed by atoms with Gasteiger partial charge in [0.1, 0.15) is 0 Å². The average Bonchev–Trinajstić information content (AvgIpc) is 2.09. The summed E-state index contributed by atoms with van der Waals surface area (Å²) in [5, 5.41) is 3.60. The number of alkyl halides is 1. The molecule has 0 atom stereocenters. The fourth-order valence-corrected chi connectivity index (χ4v) is 1.70. The molecule has 0 spiro atoms. The van der Waals surface area contributed by atoms with Gasteiger partial charge in [-0.05, 0) is 34.1 Å². The van der Waals surface area contributed by atoms with Crippen molar-refractivity contribution in [3.63, 3.8) is 0 Å². The first kappa shape index (κ1) is 11.0. The van der Waals surface area contributed by atoms with E-state index in [1.54, 1.807) is 18.2 Å². The van der Waals surface area contributed by atoms with Crippen molar-refractivity contribution >= 4 is 55.1 Å². The molecule has 0 unspecified atom stereocenters. The summed E-state index contributed by atoms with van der Waals surface area (Å²) in [7, 11) is 0. The molecule has 1 amide bonds. The Kier molecular flexibility index (Phi) is 4.22. The van der Waals surface area contributed by atoms with Crippen LogP contribution in [0.1, 0.15) is 0 Å². The van der Waals surface area contributed by atoms with Crippen LogP contribution in [0.5, 0.6) is 0 Å². The van der Waals surface area contributed by atoms with Gasteiger partial charge in [0, 0.05) is 9.50 Å². The third-order valence-electron chi connectivity index (χ3n) is 1.33. The van der Waals surface area contributed by atoms with Gasteiger partial charge < -0.3 is 5.32 Å². The van der Waals surface area contributed by atoms with Gasteiger partial charge in [-0.2, -0.15) is 0 Å². The third kappa shape index (κ3) is 3.29. The summed E-state index contributed by atoms with van der Waals surface area (Å²) >= 11 is 12.1. The molecule has 2 nitrogen and oxygen atoms in total. The van der Waals surface area contributed by atoms with E-state index < -0.39 is 0 Å². The lowest BCUT2D eigenvalue weighted by Crippen LogP contribution is -2.12. The van der Waals surface area contributed by atoms with Crippen LogP contribution >= 0.6 is 43.5 Å². The Balaban J connectivity index is 2.83. The maximum absolute atomic E-state index is 11.0. The van der Waals surface area contributed by atoms with Crippen molar-refractivity contribution in [3.05, 3.63) is 27.7 Å². The van der Waals surface area contributed by atoms with Crippen LogP contribution in [0.25, 0.3) is 0 Å². The van der Waals surface area contributed by atoms with E-state index in [0.717, 1.165) is 4.47 Å². The van der Waals surface area contributed by atoms with E-state index in [-0.39, 0.29) is 11.2 Å². The lowest BCUT2D eigenvalue weighted by Gasteiger charge is -2.05.